The third-order valence-electron chi connectivity index (χ3n) is 31.3. The highest BCUT2D eigenvalue weighted by atomic mass is 16.5. The van der Waals surface area contributed by atoms with E-state index in [9.17, 15) is 0 Å². The van der Waals surface area contributed by atoms with E-state index in [1.807, 2.05) is 11.1 Å². The van der Waals surface area contributed by atoms with Crippen LogP contribution < -0.4 is 0 Å². The molecule has 15 aliphatic rings. The Morgan fingerprint density at radius 2 is 0.774 bits per heavy atom. The Morgan fingerprint density at radius 1 is 0.321 bits per heavy atom. The largest absolute Gasteiger partial charge is 0.378 e. The fourth-order valence-electron chi connectivity index (χ4n) is 27.3. The summed E-state index contributed by atoms with van der Waals surface area (Å²) in [6.45, 7) is 36.8. The Balaban J connectivity index is 0.000000110. The van der Waals surface area contributed by atoms with Crippen molar-refractivity contribution in [3.05, 3.63) is 46.6 Å². The predicted octanol–water partition coefficient (Wildman–Crippen LogP) is 25.4. The molecule has 1 heteroatoms. The van der Waals surface area contributed by atoms with Crippen molar-refractivity contribution in [1.29, 1.82) is 0 Å². The summed E-state index contributed by atoms with van der Waals surface area (Å²) in [6.07, 6.45) is 66.8. The molecule has 1 heterocycles. The molecular formula is C83H138O. The Hall–Kier alpha value is -1.08. The Bertz CT molecular complexity index is 2220. The summed E-state index contributed by atoms with van der Waals surface area (Å²) in [5, 5.41) is 0. The minimum atomic E-state index is 0.528. The number of hydrogen-bond acceptors (Lipinski definition) is 1. The standard InChI is InChI=1S/2C17H30.C17H26.C16H28O.C16H24/c3*1-16(2)11-6-12-17(3)14-8-5-4-7-13(14)9-10-15(16)17;1-15(2)9-5-10-16(3)12-6-4-11-17-13(12)7-8-14(15)16;1-16(2)11-5-8-14-13-7-4-3-6-12(13)9-10-15(14)16/h2*13-15H,4-12H2,1-3H3;4-5,15H,6-12H2,1-3H3;12-14H,4-11H2,1-3H3;3-4,14-15H,5-11H2,1-2H3/t2*13?,14-,15?,17+;15?,17-;;/m101../s1. The maximum absolute atomic E-state index is 6.06. The molecule has 0 aromatic rings. The summed E-state index contributed by atoms with van der Waals surface area (Å²) in [7, 11) is 0. The van der Waals surface area contributed by atoms with E-state index in [-0.39, 0.29) is 0 Å². The minimum absolute atomic E-state index is 0.528. The van der Waals surface area contributed by atoms with E-state index in [2.05, 4.69) is 121 Å². The molecule has 15 rings (SSSR count). The van der Waals surface area contributed by atoms with Crippen molar-refractivity contribution in [1.82, 2.24) is 0 Å². The van der Waals surface area contributed by atoms with E-state index < -0.39 is 0 Å². The number of rotatable bonds is 0. The molecule has 11 fully saturated rings. The molecule has 0 aromatic heterocycles. The zero-order valence-corrected chi connectivity index (χ0v) is 58.4. The van der Waals surface area contributed by atoms with Gasteiger partial charge in [-0.3, -0.25) is 0 Å². The van der Waals surface area contributed by atoms with Crippen molar-refractivity contribution >= 4 is 0 Å². The number of fused-ring (bicyclic) bond motifs is 13. The number of hydrogen-bond donors (Lipinski definition) is 0. The van der Waals surface area contributed by atoms with Crippen LogP contribution in [0.2, 0.25) is 0 Å². The van der Waals surface area contributed by atoms with Crippen molar-refractivity contribution in [3.8, 4) is 0 Å². The zero-order valence-electron chi connectivity index (χ0n) is 58.4. The first-order valence-electron chi connectivity index (χ1n) is 38.2. The van der Waals surface area contributed by atoms with Gasteiger partial charge in [0.1, 0.15) is 0 Å². The second-order valence-corrected chi connectivity index (χ2v) is 37.8. The smallest absolute Gasteiger partial charge is 0.0608 e. The van der Waals surface area contributed by atoms with Crippen LogP contribution in [0.1, 0.15) is 347 Å². The maximum Gasteiger partial charge on any atom is 0.0608 e. The van der Waals surface area contributed by atoms with Crippen molar-refractivity contribution in [2.75, 3.05) is 6.61 Å². The number of ether oxygens (including phenoxy) is 1. The minimum Gasteiger partial charge on any atom is -0.378 e. The van der Waals surface area contributed by atoms with E-state index in [1.165, 1.54) is 212 Å². The molecule has 0 N–H and O–H groups in total. The first-order valence-corrected chi connectivity index (χ1v) is 38.2. The summed E-state index contributed by atoms with van der Waals surface area (Å²) >= 11 is 0. The summed E-state index contributed by atoms with van der Waals surface area (Å²) in [5.41, 5.74) is 12.8. The van der Waals surface area contributed by atoms with Gasteiger partial charge in [0.2, 0.25) is 0 Å². The van der Waals surface area contributed by atoms with Gasteiger partial charge in [0, 0.05) is 6.61 Å². The molecule has 1 aliphatic heterocycles. The average Bonchev–Trinajstić information content (AvgIpc) is 2.19. The average molecular weight is 1150 g/mol. The van der Waals surface area contributed by atoms with Crippen LogP contribution in [0.3, 0.4) is 0 Å². The first kappa shape index (κ1) is 64.4. The van der Waals surface area contributed by atoms with E-state index in [0.29, 0.717) is 54.8 Å². The van der Waals surface area contributed by atoms with Crippen LogP contribution in [0, 0.1) is 114 Å². The molecular weight excluding hydrogens is 1010 g/mol. The second-order valence-electron chi connectivity index (χ2n) is 37.8. The van der Waals surface area contributed by atoms with Crippen LogP contribution >= 0.6 is 0 Å². The first-order chi connectivity index (χ1) is 39.8. The molecule has 0 amide bonds. The van der Waals surface area contributed by atoms with Crippen molar-refractivity contribution in [2.24, 2.45) is 114 Å². The third kappa shape index (κ3) is 12.4. The highest BCUT2D eigenvalue weighted by Crippen LogP contribution is 2.67. The van der Waals surface area contributed by atoms with Gasteiger partial charge in [0.25, 0.3) is 0 Å². The Kier molecular flexibility index (Phi) is 19.3. The van der Waals surface area contributed by atoms with E-state index in [1.54, 1.807) is 49.7 Å². The van der Waals surface area contributed by atoms with Gasteiger partial charge in [0.05, 0.1) is 6.10 Å². The van der Waals surface area contributed by atoms with Gasteiger partial charge >= 0.3 is 0 Å². The van der Waals surface area contributed by atoms with Crippen LogP contribution in [-0.4, -0.2) is 12.7 Å². The molecule has 11 unspecified atom stereocenters. The monoisotopic (exact) mass is 1150 g/mol. The second kappa shape index (κ2) is 25.2. The van der Waals surface area contributed by atoms with Crippen LogP contribution in [0.25, 0.3) is 0 Å². The van der Waals surface area contributed by atoms with Gasteiger partial charge in [-0.1, -0.05) is 214 Å². The summed E-state index contributed by atoms with van der Waals surface area (Å²) in [4.78, 5) is 0. The lowest BCUT2D eigenvalue weighted by atomic mass is 9.45. The molecule has 16 atom stereocenters. The molecule has 0 aromatic carbocycles. The van der Waals surface area contributed by atoms with Crippen LogP contribution in [0.5, 0.6) is 0 Å². The topological polar surface area (TPSA) is 9.23 Å². The lowest BCUT2D eigenvalue weighted by Gasteiger charge is -2.60. The van der Waals surface area contributed by atoms with Gasteiger partial charge in [0.15, 0.2) is 0 Å². The molecule has 0 radical (unpaired) electrons. The molecule has 476 valence electrons. The van der Waals surface area contributed by atoms with Crippen molar-refractivity contribution < 1.29 is 4.74 Å². The van der Waals surface area contributed by atoms with Crippen LogP contribution in [0.4, 0.5) is 0 Å². The normalized spacial score (nSPS) is 45.0. The summed E-state index contributed by atoms with van der Waals surface area (Å²) in [6, 6.07) is 0. The van der Waals surface area contributed by atoms with E-state index in [4.69, 9.17) is 4.74 Å². The molecule has 1 nitrogen and oxygen atoms in total. The zero-order chi connectivity index (χ0) is 59.6. The lowest BCUT2D eigenvalue weighted by molar-refractivity contribution is -0.163. The molecule has 14 aliphatic carbocycles. The van der Waals surface area contributed by atoms with E-state index >= 15 is 0 Å². The molecule has 0 spiro atoms. The lowest BCUT2D eigenvalue weighted by Crippen LogP contribution is -2.54. The van der Waals surface area contributed by atoms with Crippen molar-refractivity contribution in [2.45, 2.75) is 353 Å². The SMILES string of the molecule is CC1(C)CCCC2(C)C3CCCOC3CCC12.CC1(C)CCCC2C3=C(CC=CC3)CCC21.CC1(C)CCC[C@@]2(C)C1CCC1CCCC[C@@H]12.CC1(C)CCC[C@]2(C)C1CCC1CCCC[C@H]12.CC1(C)CCC[C@]2(C)C3=C(CC=CC3)CCC12. The fraction of sp³-hybridized carbons (Fsp3) is 0.904. The van der Waals surface area contributed by atoms with Gasteiger partial charge < -0.3 is 4.74 Å². The molecule has 10 saturated carbocycles. The molecule has 1 saturated heterocycles. The predicted molar refractivity (Wildman–Crippen MR) is 362 cm³/mol. The summed E-state index contributed by atoms with van der Waals surface area (Å²) < 4.78 is 6.06. The van der Waals surface area contributed by atoms with Gasteiger partial charge in [-0.05, 0) is 294 Å². The highest BCUT2D eigenvalue weighted by molar-refractivity contribution is 5.34. The fourth-order valence-corrected chi connectivity index (χ4v) is 27.3. The third-order valence-corrected chi connectivity index (χ3v) is 31.3. The number of allylic oxidation sites excluding steroid dienone is 8. The Morgan fingerprint density at radius 3 is 1.36 bits per heavy atom. The van der Waals surface area contributed by atoms with Gasteiger partial charge in [-0.2, -0.15) is 0 Å². The van der Waals surface area contributed by atoms with Crippen LogP contribution in [-0.2, 0) is 4.74 Å². The quantitative estimate of drug-likeness (QED) is 0.220. The van der Waals surface area contributed by atoms with Crippen molar-refractivity contribution in [3.63, 3.8) is 0 Å². The Labute approximate surface area is 522 Å². The van der Waals surface area contributed by atoms with E-state index in [0.717, 1.165) is 71.7 Å². The van der Waals surface area contributed by atoms with Gasteiger partial charge in [-0.25, -0.2) is 0 Å². The highest BCUT2D eigenvalue weighted by Gasteiger charge is 2.58. The summed E-state index contributed by atoms with van der Waals surface area (Å²) in [5.74, 6) is 11.0. The molecule has 84 heavy (non-hydrogen) atoms. The maximum atomic E-state index is 6.06. The van der Waals surface area contributed by atoms with Crippen LogP contribution in [0.15, 0.2) is 46.6 Å². The molecule has 0 bridgehead atoms. The van der Waals surface area contributed by atoms with Gasteiger partial charge in [-0.15, -0.1) is 0 Å².